The van der Waals surface area contributed by atoms with Crippen LogP contribution in [0.25, 0.3) is 0 Å². The summed E-state index contributed by atoms with van der Waals surface area (Å²) in [4.78, 5) is 0. The van der Waals surface area contributed by atoms with Gasteiger partial charge in [-0.25, -0.2) is 4.68 Å². The topological polar surface area (TPSA) is 69.9 Å². The number of furan rings is 1. The molecule has 6 heteroatoms. The summed E-state index contributed by atoms with van der Waals surface area (Å²) in [7, 11) is 0. The van der Waals surface area contributed by atoms with Gasteiger partial charge in [-0.3, -0.25) is 0 Å². The molecule has 0 amide bonds. The zero-order valence-corrected chi connectivity index (χ0v) is 11.1. The molecule has 2 aromatic rings. The van der Waals surface area contributed by atoms with Crippen LogP contribution in [-0.4, -0.2) is 21.5 Å². The SMILES string of the molecule is NCCCCc1cn(Cc2ccc(Br)o2)nn1. The Bertz CT molecular complexity index is 465. The van der Waals surface area contributed by atoms with Gasteiger partial charge < -0.3 is 10.2 Å². The third-order valence-corrected chi connectivity index (χ3v) is 2.85. The van der Waals surface area contributed by atoms with Gasteiger partial charge in [0, 0.05) is 6.20 Å². The Morgan fingerprint density at radius 2 is 2.24 bits per heavy atom. The predicted octanol–water partition coefficient (Wildman–Crippen LogP) is 1.96. The number of aromatic nitrogens is 3. The number of rotatable bonds is 6. The summed E-state index contributed by atoms with van der Waals surface area (Å²) in [5, 5.41) is 8.17. The van der Waals surface area contributed by atoms with Crippen LogP contribution in [0, 0.1) is 0 Å². The Labute approximate surface area is 108 Å². The molecule has 0 aliphatic rings. The average molecular weight is 299 g/mol. The lowest BCUT2D eigenvalue weighted by molar-refractivity contribution is 0.459. The number of aryl methyl sites for hydroxylation is 1. The molecule has 0 spiro atoms. The van der Waals surface area contributed by atoms with Crippen molar-refractivity contribution in [2.75, 3.05) is 6.54 Å². The van der Waals surface area contributed by atoms with Crippen LogP contribution in [-0.2, 0) is 13.0 Å². The zero-order valence-electron chi connectivity index (χ0n) is 9.47. The molecule has 92 valence electrons. The van der Waals surface area contributed by atoms with E-state index >= 15 is 0 Å². The van der Waals surface area contributed by atoms with Gasteiger partial charge in [0.05, 0.1) is 5.69 Å². The first-order chi connectivity index (χ1) is 8.28. The van der Waals surface area contributed by atoms with Gasteiger partial charge in [0.2, 0.25) is 0 Å². The van der Waals surface area contributed by atoms with Crippen LogP contribution in [0.1, 0.15) is 24.3 Å². The van der Waals surface area contributed by atoms with Crippen LogP contribution in [0.2, 0.25) is 0 Å². The molecule has 0 saturated carbocycles. The molecule has 0 radical (unpaired) electrons. The third-order valence-electron chi connectivity index (χ3n) is 2.42. The van der Waals surface area contributed by atoms with Crippen LogP contribution in [0.5, 0.6) is 0 Å². The lowest BCUT2D eigenvalue weighted by atomic mass is 10.2. The first-order valence-corrected chi connectivity index (χ1v) is 6.40. The predicted molar refractivity (Wildman–Crippen MR) is 67.5 cm³/mol. The highest BCUT2D eigenvalue weighted by Crippen LogP contribution is 2.14. The van der Waals surface area contributed by atoms with Crippen molar-refractivity contribution in [1.82, 2.24) is 15.0 Å². The summed E-state index contributed by atoms with van der Waals surface area (Å²) in [6.45, 7) is 1.34. The smallest absolute Gasteiger partial charge is 0.169 e. The number of hydrogen-bond donors (Lipinski definition) is 1. The average Bonchev–Trinajstić information content (AvgIpc) is 2.90. The molecule has 2 heterocycles. The molecule has 0 aliphatic carbocycles. The maximum Gasteiger partial charge on any atom is 0.169 e. The van der Waals surface area contributed by atoms with Gasteiger partial charge >= 0.3 is 0 Å². The maximum absolute atomic E-state index is 5.44. The summed E-state index contributed by atoms with van der Waals surface area (Å²) in [6, 6.07) is 3.79. The van der Waals surface area contributed by atoms with E-state index in [1.807, 2.05) is 18.3 Å². The van der Waals surface area contributed by atoms with Crippen molar-refractivity contribution in [3.05, 3.63) is 34.5 Å². The molecule has 0 unspecified atom stereocenters. The Morgan fingerprint density at radius 3 is 2.94 bits per heavy atom. The largest absolute Gasteiger partial charge is 0.452 e. The molecule has 0 bridgehead atoms. The Balaban J connectivity index is 1.89. The molecule has 0 fully saturated rings. The molecule has 5 nitrogen and oxygen atoms in total. The first kappa shape index (κ1) is 12.3. The van der Waals surface area contributed by atoms with Crippen molar-refractivity contribution >= 4 is 15.9 Å². The normalized spacial score (nSPS) is 10.9. The fourth-order valence-corrected chi connectivity index (χ4v) is 1.92. The van der Waals surface area contributed by atoms with E-state index in [-0.39, 0.29) is 0 Å². The van der Waals surface area contributed by atoms with Gasteiger partial charge in [0.25, 0.3) is 0 Å². The lowest BCUT2D eigenvalue weighted by Crippen LogP contribution is -1.99. The van der Waals surface area contributed by atoms with Crippen molar-refractivity contribution in [2.45, 2.75) is 25.8 Å². The van der Waals surface area contributed by atoms with Gasteiger partial charge in [-0.05, 0) is 53.9 Å². The van der Waals surface area contributed by atoms with E-state index in [0.29, 0.717) is 6.54 Å². The molecule has 0 saturated heterocycles. The standard InChI is InChI=1S/C11H15BrN4O/c12-11-5-4-10(17-11)8-16-7-9(14-15-16)3-1-2-6-13/h4-5,7H,1-3,6,8,13H2. The molecule has 2 N–H and O–H groups in total. The molecule has 2 aromatic heterocycles. The Kier molecular flexibility index (Phi) is 4.33. The minimum Gasteiger partial charge on any atom is -0.452 e. The van der Waals surface area contributed by atoms with E-state index < -0.39 is 0 Å². The van der Waals surface area contributed by atoms with Crippen molar-refractivity contribution in [2.24, 2.45) is 5.73 Å². The van der Waals surface area contributed by atoms with Crippen molar-refractivity contribution < 1.29 is 4.42 Å². The number of unbranched alkanes of at least 4 members (excludes halogenated alkanes) is 1. The molecular formula is C11H15BrN4O. The Hall–Kier alpha value is -1.14. The van der Waals surface area contributed by atoms with Gasteiger partial charge in [0.1, 0.15) is 12.3 Å². The molecular weight excluding hydrogens is 284 g/mol. The van der Waals surface area contributed by atoms with E-state index in [9.17, 15) is 0 Å². The van der Waals surface area contributed by atoms with E-state index in [0.717, 1.165) is 41.9 Å². The summed E-state index contributed by atoms with van der Waals surface area (Å²) in [6.07, 6.45) is 4.96. The monoisotopic (exact) mass is 298 g/mol. The number of nitrogens with zero attached hydrogens (tertiary/aromatic N) is 3. The third kappa shape index (κ3) is 3.67. The van der Waals surface area contributed by atoms with Gasteiger partial charge in [-0.15, -0.1) is 5.10 Å². The molecule has 0 atom stereocenters. The maximum atomic E-state index is 5.44. The number of halogens is 1. The van der Waals surface area contributed by atoms with E-state index in [1.54, 1.807) is 4.68 Å². The van der Waals surface area contributed by atoms with Crippen LogP contribution in [0.4, 0.5) is 0 Å². The molecule has 0 aliphatic heterocycles. The van der Waals surface area contributed by atoms with Crippen LogP contribution in [0.15, 0.2) is 27.4 Å². The highest BCUT2D eigenvalue weighted by Gasteiger charge is 2.04. The second-order valence-electron chi connectivity index (χ2n) is 3.86. The van der Waals surface area contributed by atoms with Crippen molar-refractivity contribution in [3.63, 3.8) is 0 Å². The fraction of sp³-hybridized carbons (Fsp3) is 0.455. The summed E-state index contributed by atoms with van der Waals surface area (Å²) >= 11 is 3.27. The van der Waals surface area contributed by atoms with Gasteiger partial charge in [-0.2, -0.15) is 0 Å². The quantitative estimate of drug-likeness (QED) is 0.828. The van der Waals surface area contributed by atoms with Crippen molar-refractivity contribution in [1.29, 1.82) is 0 Å². The van der Waals surface area contributed by atoms with Gasteiger partial charge in [-0.1, -0.05) is 5.21 Å². The van der Waals surface area contributed by atoms with Crippen molar-refractivity contribution in [3.8, 4) is 0 Å². The number of nitrogens with two attached hydrogens (primary N) is 1. The van der Waals surface area contributed by atoms with E-state index in [4.69, 9.17) is 10.2 Å². The van der Waals surface area contributed by atoms with E-state index in [1.165, 1.54) is 0 Å². The summed E-state index contributed by atoms with van der Waals surface area (Å²) < 4.78 is 7.92. The highest BCUT2D eigenvalue weighted by molar-refractivity contribution is 9.10. The van der Waals surface area contributed by atoms with Crippen LogP contribution >= 0.6 is 15.9 Å². The molecule has 0 aromatic carbocycles. The van der Waals surface area contributed by atoms with Crippen LogP contribution < -0.4 is 5.73 Å². The second kappa shape index (κ2) is 5.97. The highest BCUT2D eigenvalue weighted by atomic mass is 79.9. The summed E-state index contributed by atoms with van der Waals surface area (Å²) in [5.74, 6) is 0.857. The Morgan fingerprint density at radius 1 is 1.35 bits per heavy atom. The van der Waals surface area contributed by atoms with Gasteiger partial charge in [0.15, 0.2) is 4.67 Å². The minimum absolute atomic E-state index is 0.607. The van der Waals surface area contributed by atoms with E-state index in [2.05, 4.69) is 26.2 Å². The zero-order chi connectivity index (χ0) is 12.1. The van der Waals surface area contributed by atoms with Crippen LogP contribution in [0.3, 0.4) is 0 Å². The lowest BCUT2D eigenvalue weighted by Gasteiger charge is -1.95. The fourth-order valence-electron chi connectivity index (χ4n) is 1.58. The molecule has 17 heavy (non-hydrogen) atoms. The summed E-state index contributed by atoms with van der Waals surface area (Å²) in [5.41, 5.74) is 6.45. The second-order valence-corrected chi connectivity index (χ2v) is 4.64. The molecule has 2 rings (SSSR count). The number of hydrogen-bond acceptors (Lipinski definition) is 4. The first-order valence-electron chi connectivity index (χ1n) is 5.61. The minimum atomic E-state index is 0.607.